The quantitative estimate of drug-likeness (QED) is 0.817. The highest BCUT2D eigenvalue weighted by molar-refractivity contribution is 4.80. The van der Waals surface area contributed by atoms with Crippen molar-refractivity contribution in [2.45, 2.75) is 52.7 Å². The Hall–Kier alpha value is -0.120. The second-order valence-electron chi connectivity index (χ2n) is 6.33. The summed E-state index contributed by atoms with van der Waals surface area (Å²) in [5.41, 5.74) is 0.336. The first kappa shape index (κ1) is 14.9. The van der Waals surface area contributed by atoms with Gasteiger partial charge in [0.15, 0.2) is 0 Å². The van der Waals surface area contributed by atoms with Crippen molar-refractivity contribution in [1.82, 2.24) is 10.2 Å². The molecule has 0 spiro atoms. The maximum absolute atomic E-state index is 5.68. The monoisotopic (exact) mass is 242 g/mol. The number of rotatable bonds is 4. The molecule has 17 heavy (non-hydrogen) atoms. The number of hydrogen-bond donors (Lipinski definition) is 1. The molecule has 0 aromatic carbocycles. The highest BCUT2D eigenvalue weighted by Crippen LogP contribution is 2.22. The number of nitrogens with one attached hydrogen (secondary N) is 1. The molecule has 0 saturated carbocycles. The smallest absolute Gasteiger partial charge is 0.0673 e. The molecule has 102 valence electrons. The van der Waals surface area contributed by atoms with Gasteiger partial charge in [-0.25, -0.2) is 0 Å². The van der Waals surface area contributed by atoms with Crippen LogP contribution in [0.15, 0.2) is 0 Å². The van der Waals surface area contributed by atoms with Gasteiger partial charge in [0.1, 0.15) is 0 Å². The molecular weight excluding hydrogens is 212 g/mol. The van der Waals surface area contributed by atoms with Gasteiger partial charge < -0.3 is 15.0 Å². The fraction of sp³-hybridized carbons (Fsp3) is 1.00. The van der Waals surface area contributed by atoms with Gasteiger partial charge in [-0.15, -0.1) is 0 Å². The Balaban J connectivity index is 2.37. The van der Waals surface area contributed by atoms with Gasteiger partial charge in [-0.05, 0) is 38.8 Å². The van der Waals surface area contributed by atoms with Crippen LogP contribution in [0.25, 0.3) is 0 Å². The summed E-state index contributed by atoms with van der Waals surface area (Å²) in [6.07, 6.45) is 2.77. The van der Waals surface area contributed by atoms with E-state index in [2.05, 4.69) is 45.0 Å². The average molecular weight is 242 g/mol. The Bertz CT molecular complexity index is 213. The predicted octanol–water partition coefficient (Wildman–Crippen LogP) is 2.12. The maximum Gasteiger partial charge on any atom is 0.0673 e. The van der Waals surface area contributed by atoms with Gasteiger partial charge >= 0.3 is 0 Å². The van der Waals surface area contributed by atoms with E-state index in [-0.39, 0.29) is 0 Å². The van der Waals surface area contributed by atoms with Crippen LogP contribution in [0.3, 0.4) is 0 Å². The third-order valence-corrected chi connectivity index (χ3v) is 3.66. The molecule has 0 radical (unpaired) electrons. The van der Waals surface area contributed by atoms with Crippen molar-refractivity contribution < 1.29 is 4.74 Å². The molecule has 0 aromatic rings. The lowest BCUT2D eigenvalue weighted by Crippen LogP contribution is -2.42. The van der Waals surface area contributed by atoms with E-state index < -0.39 is 0 Å². The Morgan fingerprint density at radius 2 is 2.12 bits per heavy atom. The van der Waals surface area contributed by atoms with Gasteiger partial charge in [0.05, 0.1) is 6.10 Å². The van der Waals surface area contributed by atoms with E-state index in [0.29, 0.717) is 17.6 Å². The van der Waals surface area contributed by atoms with Gasteiger partial charge in [-0.1, -0.05) is 20.8 Å². The Kier molecular flexibility index (Phi) is 5.90. The van der Waals surface area contributed by atoms with Gasteiger partial charge in [-0.3, -0.25) is 0 Å². The number of nitrogens with zero attached hydrogens (tertiary/aromatic N) is 1. The van der Waals surface area contributed by atoms with Crippen molar-refractivity contribution in [3.63, 3.8) is 0 Å². The van der Waals surface area contributed by atoms with Crippen LogP contribution in [0.2, 0.25) is 0 Å². The predicted molar refractivity (Wildman–Crippen MR) is 73.4 cm³/mol. The van der Waals surface area contributed by atoms with Gasteiger partial charge in [0.2, 0.25) is 0 Å². The molecule has 1 saturated heterocycles. The molecule has 1 aliphatic heterocycles. The second-order valence-corrected chi connectivity index (χ2v) is 6.33. The van der Waals surface area contributed by atoms with Gasteiger partial charge in [-0.2, -0.15) is 0 Å². The van der Waals surface area contributed by atoms with E-state index in [1.54, 1.807) is 0 Å². The van der Waals surface area contributed by atoms with Crippen molar-refractivity contribution in [2.24, 2.45) is 5.41 Å². The van der Waals surface area contributed by atoms with Gasteiger partial charge in [0.25, 0.3) is 0 Å². The second kappa shape index (κ2) is 6.72. The Morgan fingerprint density at radius 3 is 2.71 bits per heavy atom. The lowest BCUT2D eigenvalue weighted by atomic mass is 9.85. The van der Waals surface area contributed by atoms with E-state index >= 15 is 0 Å². The minimum absolute atomic E-state index is 0.336. The summed E-state index contributed by atoms with van der Waals surface area (Å²) < 4.78 is 5.68. The van der Waals surface area contributed by atoms with Gasteiger partial charge in [0, 0.05) is 25.7 Å². The first-order valence-electron chi connectivity index (χ1n) is 6.94. The van der Waals surface area contributed by atoms with Crippen LogP contribution in [-0.2, 0) is 4.74 Å². The lowest BCUT2D eigenvalue weighted by Gasteiger charge is -2.32. The van der Waals surface area contributed by atoms with E-state index in [9.17, 15) is 0 Å². The van der Waals surface area contributed by atoms with Crippen molar-refractivity contribution in [3.8, 4) is 0 Å². The minimum atomic E-state index is 0.336. The molecule has 2 atom stereocenters. The van der Waals surface area contributed by atoms with Crippen LogP contribution < -0.4 is 5.32 Å². The average Bonchev–Trinajstić information content (AvgIpc) is 2.41. The molecule has 1 heterocycles. The Morgan fingerprint density at radius 1 is 1.41 bits per heavy atom. The molecule has 1 rings (SSSR count). The molecule has 0 aromatic heterocycles. The van der Waals surface area contributed by atoms with E-state index in [1.807, 2.05) is 0 Å². The van der Waals surface area contributed by atoms with Crippen molar-refractivity contribution in [2.75, 3.05) is 33.3 Å². The first-order valence-corrected chi connectivity index (χ1v) is 6.94. The topological polar surface area (TPSA) is 24.5 Å². The molecule has 0 amide bonds. The molecule has 3 nitrogen and oxygen atoms in total. The van der Waals surface area contributed by atoms with Crippen LogP contribution in [-0.4, -0.2) is 50.3 Å². The van der Waals surface area contributed by atoms with E-state index in [0.717, 1.165) is 13.2 Å². The molecule has 1 fully saturated rings. The molecule has 0 aliphatic carbocycles. The van der Waals surface area contributed by atoms with Crippen LogP contribution >= 0.6 is 0 Å². The molecule has 2 unspecified atom stereocenters. The number of hydrogen-bond acceptors (Lipinski definition) is 3. The summed E-state index contributed by atoms with van der Waals surface area (Å²) >= 11 is 0. The SMILES string of the molecule is CNC(CCN1CCCOC(C)C1)C(C)(C)C. The molecule has 3 heteroatoms. The lowest BCUT2D eigenvalue weighted by molar-refractivity contribution is 0.0665. The van der Waals surface area contributed by atoms with Crippen molar-refractivity contribution in [3.05, 3.63) is 0 Å². The van der Waals surface area contributed by atoms with Crippen LogP contribution in [0.4, 0.5) is 0 Å². The maximum atomic E-state index is 5.68. The molecule has 1 aliphatic rings. The summed E-state index contributed by atoms with van der Waals surface area (Å²) in [4.78, 5) is 2.55. The van der Waals surface area contributed by atoms with Crippen molar-refractivity contribution in [1.29, 1.82) is 0 Å². The number of ether oxygens (including phenoxy) is 1. The van der Waals surface area contributed by atoms with Crippen LogP contribution in [0.5, 0.6) is 0 Å². The van der Waals surface area contributed by atoms with E-state index in [4.69, 9.17) is 4.74 Å². The zero-order valence-corrected chi connectivity index (χ0v) is 12.3. The fourth-order valence-electron chi connectivity index (χ4n) is 2.61. The van der Waals surface area contributed by atoms with Crippen LogP contribution in [0.1, 0.15) is 40.5 Å². The van der Waals surface area contributed by atoms with Crippen molar-refractivity contribution >= 4 is 0 Å². The third-order valence-electron chi connectivity index (χ3n) is 3.66. The fourth-order valence-corrected chi connectivity index (χ4v) is 2.61. The minimum Gasteiger partial charge on any atom is -0.377 e. The first-order chi connectivity index (χ1) is 7.93. The Labute approximate surface area is 107 Å². The summed E-state index contributed by atoms with van der Waals surface area (Å²) in [6.45, 7) is 13.5. The van der Waals surface area contributed by atoms with Crippen LogP contribution in [0, 0.1) is 5.41 Å². The zero-order valence-electron chi connectivity index (χ0n) is 12.3. The third kappa shape index (κ3) is 5.36. The summed E-state index contributed by atoms with van der Waals surface area (Å²) in [7, 11) is 2.07. The molecular formula is C14H30N2O. The highest BCUT2D eigenvalue weighted by Gasteiger charge is 2.24. The summed E-state index contributed by atoms with van der Waals surface area (Å²) in [6, 6.07) is 0.585. The normalized spacial score (nSPS) is 25.6. The standard InChI is InChI=1S/C14H30N2O/c1-12-11-16(8-6-10-17-12)9-7-13(15-5)14(2,3)4/h12-13,15H,6-11H2,1-5H3. The van der Waals surface area contributed by atoms with E-state index in [1.165, 1.54) is 25.9 Å². The molecule has 1 N–H and O–H groups in total. The molecule has 0 bridgehead atoms. The highest BCUT2D eigenvalue weighted by atomic mass is 16.5. The summed E-state index contributed by atoms with van der Waals surface area (Å²) in [5.74, 6) is 0. The largest absolute Gasteiger partial charge is 0.377 e. The summed E-state index contributed by atoms with van der Waals surface area (Å²) in [5, 5.41) is 3.45. The zero-order chi connectivity index (χ0) is 12.9.